The van der Waals surface area contributed by atoms with E-state index in [-0.39, 0.29) is 5.91 Å². The van der Waals surface area contributed by atoms with E-state index in [9.17, 15) is 4.79 Å². The van der Waals surface area contributed by atoms with Crippen molar-refractivity contribution in [3.63, 3.8) is 0 Å². The van der Waals surface area contributed by atoms with Crippen molar-refractivity contribution in [1.82, 2.24) is 10.6 Å². The predicted octanol–water partition coefficient (Wildman–Crippen LogP) is 0.385. The molecule has 0 aromatic heterocycles. The Morgan fingerprint density at radius 3 is 2.79 bits per heavy atom. The molecule has 0 saturated carbocycles. The average molecular weight is 202 g/mol. The zero-order chi connectivity index (χ0) is 10.8. The highest BCUT2D eigenvalue weighted by Gasteiger charge is 2.04. The Kier molecular flexibility index (Phi) is 8.57. The SMILES string of the molecule is CCNCCC(=O)NCC(C)COC. The number of nitrogens with one attached hydrogen (secondary N) is 2. The normalized spacial score (nSPS) is 12.5. The van der Waals surface area contributed by atoms with E-state index in [2.05, 4.69) is 10.6 Å². The zero-order valence-corrected chi connectivity index (χ0v) is 9.43. The Morgan fingerprint density at radius 1 is 1.50 bits per heavy atom. The fourth-order valence-corrected chi connectivity index (χ4v) is 1.10. The summed E-state index contributed by atoms with van der Waals surface area (Å²) in [4.78, 5) is 11.2. The molecule has 4 heteroatoms. The van der Waals surface area contributed by atoms with Gasteiger partial charge in [-0.15, -0.1) is 0 Å². The summed E-state index contributed by atoms with van der Waals surface area (Å²) in [5, 5.41) is 5.97. The zero-order valence-electron chi connectivity index (χ0n) is 9.43. The van der Waals surface area contributed by atoms with Crippen LogP contribution < -0.4 is 10.6 Å². The number of ether oxygens (including phenoxy) is 1. The summed E-state index contributed by atoms with van der Waals surface area (Å²) in [6.45, 7) is 7.12. The number of amides is 1. The molecular weight excluding hydrogens is 180 g/mol. The molecule has 0 heterocycles. The van der Waals surface area contributed by atoms with Crippen molar-refractivity contribution in [2.24, 2.45) is 5.92 Å². The lowest BCUT2D eigenvalue weighted by atomic mass is 10.2. The van der Waals surface area contributed by atoms with Crippen molar-refractivity contribution in [3.05, 3.63) is 0 Å². The highest BCUT2D eigenvalue weighted by Crippen LogP contribution is 1.92. The molecule has 0 aliphatic rings. The first-order valence-electron chi connectivity index (χ1n) is 5.17. The van der Waals surface area contributed by atoms with Crippen molar-refractivity contribution >= 4 is 5.91 Å². The van der Waals surface area contributed by atoms with Gasteiger partial charge in [-0.2, -0.15) is 0 Å². The summed E-state index contributed by atoms with van der Waals surface area (Å²) in [5.74, 6) is 0.483. The van der Waals surface area contributed by atoms with Crippen LogP contribution in [0.4, 0.5) is 0 Å². The lowest BCUT2D eigenvalue weighted by Gasteiger charge is -2.11. The van der Waals surface area contributed by atoms with Gasteiger partial charge >= 0.3 is 0 Å². The largest absolute Gasteiger partial charge is 0.384 e. The molecule has 1 unspecified atom stereocenters. The molecule has 84 valence electrons. The van der Waals surface area contributed by atoms with Gasteiger partial charge in [-0.25, -0.2) is 0 Å². The third-order valence-electron chi connectivity index (χ3n) is 1.88. The van der Waals surface area contributed by atoms with Gasteiger partial charge < -0.3 is 15.4 Å². The van der Waals surface area contributed by atoms with Crippen LogP contribution >= 0.6 is 0 Å². The van der Waals surface area contributed by atoms with Gasteiger partial charge in [0.1, 0.15) is 0 Å². The molecule has 1 amide bonds. The molecule has 0 spiro atoms. The van der Waals surface area contributed by atoms with Gasteiger partial charge in [0.05, 0.1) is 6.61 Å². The Balaban J connectivity index is 3.34. The predicted molar refractivity (Wildman–Crippen MR) is 57.2 cm³/mol. The van der Waals surface area contributed by atoms with Crippen molar-refractivity contribution < 1.29 is 9.53 Å². The summed E-state index contributed by atoms with van der Waals surface area (Å²) in [6, 6.07) is 0. The molecule has 0 radical (unpaired) electrons. The van der Waals surface area contributed by atoms with Gasteiger partial charge in [0.2, 0.25) is 5.91 Å². The highest BCUT2D eigenvalue weighted by molar-refractivity contribution is 5.76. The standard InChI is InChI=1S/C10H22N2O2/c1-4-11-6-5-10(13)12-7-9(2)8-14-3/h9,11H,4-8H2,1-3H3,(H,12,13). The highest BCUT2D eigenvalue weighted by atomic mass is 16.5. The molecule has 0 rings (SSSR count). The summed E-state index contributed by atoms with van der Waals surface area (Å²) in [7, 11) is 1.67. The molecule has 0 fully saturated rings. The smallest absolute Gasteiger partial charge is 0.221 e. The van der Waals surface area contributed by atoms with Crippen LogP contribution in [0.5, 0.6) is 0 Å². The first-order chi connectivity index (χ1) is 6.70. The first kappa shape index (κ1) is 13.4. The van der Waals surface area contributed by atoms with Crippen LogP contribution in [-0.4, -0.2) is 39.3 Å². The Morgan fingerprint density at radius 2 is 2.21 bits per heavy atom. The lowest BCUT2D eigenvalue weighted by molar-refractivity contribution is -0.121. The molecule has 0 aliphatic heterocycles. The Bertz CT molecular complexity index is 151. The van der Waals surface area contributed by atoms with E-state index >= 15 is 0 Å². The summed E-state index contributed by atoms with van der Waals surface area (Å²) >= 11 is 0. The second-order valence-corrected chi connectivity index (χ2v) is 3.47. The summed E-state index contributed by atoms with van der Waals surface area (Å²) < 4.78 is 4.97. The van der Waals surface area contributed by atoms with Crippen LogP contribution in [0.25, 0.3) is 0 Å². The maximum Gasteiger partial charge on any atom is 0.221 e. The second-order valence-electron chi connectivity index (χ2n) is 3.47. The minimum absolute atomic E-state index is 0.105. The fraction of sp³-hybridized carbons (Fsp3) is 0.900. The number of carbonyl (C=O) groups is 1. The molecule has 0 aromatic carbocycles. The van der Waals surface area contributed by atoms with E-state index in [0.29, 0.717) is 25.5 Å². The molecule has 0 aromatic rings. The number of hydrogen-bond acceptors (Lipinski definition) is 3. The topological polar surface area (TPSA) is 50.4 Å². The molecule has 2 N–H and O–H groups in total. The van der Waals surface area contributed by atoms with Crippen LogP contribution in [0.1, 0.15) is 20.3 Å². The van der Waals surface area contributed by atoms with Gasteiger partial charge in [0.15, 0.2) is 0 Å². The van der Waals surface area contributed by atoms with E-state index < -0.39 is 0 Å². The number of methoxy groups -OCH3 is 1. The maximum absolute atomic E-state index is 11.2. The molecule has 0 saturated heterocycles. The first-order valence-corrected chi connectivity index (χ1v) is 5.17. The van der Waals surface area contributed by atoms with Gasteiger partial charge in [-0.1, -0.05) is 13.8 Å². The monoisotopic (exact) mass is 202 g/mol. The third kappa shape index (κ3) is 8.01. The summed E-state index contributed by atoms with van der Waals surface area (Å²) in [6.07, 6.45) is 0.549. The van der Waals surface area contributed by atoms with Crippen molar-refractivity contribution in [3.8, 4) is 0 Å². The van der Waals surface area contributed by atoms with Crippen molar-refractivity contribution in [1.29, 1.82) is 0 Å². The van der Waals surface area contributed by atoms with Gasteiger partial charge in [0, 0.05) is 26.6 Å². The third-order valence-corrected chi connectivity index (χ3v) is 1.88. The van der Waals surface area contributed by atoms with E-state index in [1.807, 2.05) is 13.8 Å². The van der Waals surface area contributed by atoms with Crippen LogP contribution in [-0.2, 0) is 9.53 Å². The molecule has 1 atom stereocenters. The van der Waals surface area contributed by atoms with Gasteiger partial charge in [0.25, 0.3) is 0 Å². The maximum atomic E-state index is 11.2. The van der Waals surface area contributed by atoms with Crippen LogP contribution in [0.15, 0.2) is 0 Å². The van der Waals surface area contributed by atoms with Gasteiger partial charge in [-0.3, -0.25) is 4.79 Å². The van der Waals surface area contributed by atoms with Crippen LogP contribution in [0.3, 0.4) is 0 Å². The number of hydrogen-bond donors (Lipinski definition) is 2. The average Bonchev–Trinajstić information content (AvgIpc) is 2.16. The van der Waals surface area contributed by atoms with Crippen LogP contribution in [0.2, 0.25) is 0 Å². The van der Waals surface area contributed by atoms with E-state index in [1.165, 1.54) is 0 Å². The summed E-state index contributed by atoms with van der Waals surface area (Å²) in [5.41, 5.74) is 0. The molecule has 14 heavy (non-hydrogen) atoms. The number of rotatable bonds is 8. The molecule has 0 bridgehead atoms. The second kappa shape index (κ2) is 8.97. The molecular formula is C10H22N2O2. The van der Waals surface area contributed by atoms with E-state index in [1.54, 1.807) is 7.11 Å². The van der Waals surface area contributed by atoms with Gasteiger partial charge in [-0.05, 0) is 12.5 Å². The quantitative estimate of drug-likeness (QED) is 0.560. The van der Waals surface area contributed by atoms with E-state index in [4.69, 9.17) is 4.74 Å². The Labute approximate surface area is 86.4 Å². The minimum atomic E-state index is 0.105. The van der Waals surface area contributed by atoms with Crippen molar-refractivity contribution in [2.45, 2.75) is 20.3 Å². The van der Waals surface area contributed by atoms with Crippen molar-refractivity contribution in [2.75, 3.05) is 33.4 Å². The van der Waals surface area contributed by atoms with E-state index in [0.717, 1.165) is 13.1 Å². The fourth-order valence-electron chi connectivity index (χ4n) is 1.10. The molecule has 4 nitrogen and oxygen atoms in total. The minimum Gasteiger partial charge on any atom is -0.384 e. The van der Waals surface area contributed by atoms with Crippen LogP contribution in [0, 0.1) is 5.92 Å². The lowest BCUT2D eigenvalue weighted by Crippen LogP contribution is -2.32. The number of carbonyl (C=O) groups excluding carboxylic acids is 1. The Hall–Kier alpha value is -0.610. The molecule has 0 aliphatic carbocycles.